The molecule has 0 radical (unpaired) electrons. The predicted octanol–water partition coefficient (Wildman–Crippen LogP) is 2.74. The fourth-order valence-electron chi connectivity index (χ4n) is 3.10. The Kier molecular flexibility index (Phi) is 5.95. The zero-order chi connectivity index (χ0) is 19.2. The van der Waals surface area contributed by atoms with Crippen LogP contribution in [0.2, 0.25) is 0 Å². The second kappa shape index (κ2) is 8.57. The van der Waals surface area contributed by atoms with E-state index < -0.39 is 5.97 Å². The van der Waals surface area contributed by atoms with Crippen molar-refractivity contribution in [3.63, 3.8) is 0 Å². The minimum atomic E-state index is -0.841. The van der Waals surface area contributed by atoms with Crippen LogP contribution in [0.4, 0.5) is 10.5 Å². The Morgan fingerprint density at radius 3 is 2.89 bits per heavy atom. The van der Waals surface area contributed by atoms with Gasteiger partial charge in [-0.1, -0.05) is 12.1 Å². The van der Waals surface area contributed by atoms with Crippen molar-refractivity contribution in [3.8, 4) is 5.75 Å². The molecule has 0 bridgehead atoms. The SMILES string of the molecule is CCOc1ccccc1NC(=O)N1CCCn2nc(CCC(=O)O)cc2C1. The van der Waals surface area contributed by atoms with Gasteiger partial charge in [-0.15, -0.1) is 0 Å². The fourth-order valence-corrected chi connectivity index (χ4v) is 3.10. The normalized spacial score (nSPS) is 13.6. The van der Waals surface area contributed by atoms with Crippen molar-refractivity contribution in [2.75, 3.05) is 18.5 Å². The number of rotatable bonds is 6. The smallest absolute Gasteiger partial charge is 0.322 e. The highest BCUT2D eigenvalue weighted by molar-refractivity contribution is 5.91. The van der Waals surface area contributed by atoms with Gasteiger partial charge in [-0.05, 0) is 31.5 Å². The first-order valence-corrected chi connectivity index (χ1v) is 9.12. The second-order valence-electron chi connectivity index (χ2n) is 6.38. The number of anilines is 1. The Labute approximate surface area is 157 Å². The number of aliphatic carboxylic acids is 1. The summed E-state index contributed by atoms with van der Waals surface area (Å²) < 4.78 is 7.43. The minimum Gasteiger partial charge on any atom is -0.492 e. The molecule has 8 heteroatoms. The molecule has 0 spiro atoms. The lowest BCUT2D eigenvalue weighted by molar-refractivity contribution is -0.136. The molecule has 1 aliphatic heterocycles. The predicted molar refractivity (Wildman–Crippen MR) is 99.8 cm³/mol. The number of hydrogen-bond donors (Lipinski definition) is 2. The number of urea groups is 1. The highest BCUT2D eigenvalue weighted by Crippen LogP contribution is 2.24. The van der Waals surface area contributed by atoms with Crippen LogP contribution in [0.15, 0.2) is 30.3 Å². The summed E-state index contributed by atoms with van der Waals surface area (Å²) in [5.41, 5.74) is 2.31. The average Bonchev–Trinajstić information content (AvgIpc) is 2.92. The van der Waals surface area contributed by atoms with E-state index in [9.17, 15) is 9.59 Å². The van der Waals surface area contributed by atoms with Crippen molar-refractivity contribution in [2.24, 2.45) is 0 Å². The Morgan fingerprint density at radius 2 is 2.11 bits per heavy atom. The van der Waals surface area contributed by atoms with E-state index in [0.717, 1.165) is 17.8 Å². The number of carbonyl (C=O) groups is 2. The molecule has 1 aromatic heterocycles. The van der Waals surface area contributed by atoms with Crippen molar-refractivity contribution in [3.05, 3.63) is 41.7 Å². The first-order chi connectivity index (χ1) is 13.1. The van der Waals surface area contributed by atoms with Crippen LogP contribution >= 0.6 is 0 Å². The third kappa shape index (κ3) is 4.78. The van der Waals surface area contributed by atoms with Crippen molar-refractivity contribution in [1.29, 1.82) is 0 Å². The fraction of sp³-hybridized carbons (Fsp3) is 0.421. The molecule has 2 N–H and O–H groups in total. The first kappa shape index (κ1) is 18.8. The van der Waals surface area contributed by atoms with Crippen molar-refractivity contribution >= 4 is 17.7 Å². The number of aryl methyl sites for hydroxylation is 2. The molecular weight excluding hydrogens is 348 g/mol. The van der Waals surface area contributed by atoms with E-state index in [2.05, 4.69) is 10.4 Å². The van der Waals surface area contributed by atoms with Gasteiger partial charge in [0, 0.05) is 19.5 Å². The summed E-state index contributed by atoms with van der Waals surface area (Å²) in [5, 5.41) is 16.2. The van der Waals surface area contributed by atoms with Crippen molar-refractivity contribution in [1.82, 2.24) is 14.7 Å². The van der Waals surface area contributed by atoms with E-state index >= 15 is 0 Å². The molecule has 8 nitrogen and oxygen atoms in total. The third-order valence-corrected chi connectivity index (χ3v) is 4.38. The van der Waals surface area contributed by atoms with Crippen LogP contribution in [0.5, 0.6) is 5.75 Å². The number of nitrogens with zero attached hydrogens (tertiary/aromatic N) is 3. The van der Waals surface area contributed by atoms with Gasteiger partial charge in [-0.25, -0.2) is 4.79 Å². The maximum atomic E-state index is 12.8. The molecule has 0 unspecified atom stereocenters. The Hall–Kier alpha value is -3.03. The van der Waals surface area contributed by atoms with Gasteiger partial charge in [0.1, 0.15) is 5.75 Å². The average molecular weight is 372 g/mol. The minimum absolute atomic E-state index is 0.0505. The third-order valence-electron chi connectivity index (χ3n) is 4.38. The van der Waals surface area contributed by atoms with Crippen LogP contribution in [-0.2, 0) is 24.3 Å². The van der Waals surface area contributed by atoms with Crippen LogP contribution in [0.25, 0.3) is 0 Å². The van der Waals surface area contributed by atoms with Crippen LogP contribution in [-0.4, -0.2) is 44.9 Å². The summed E-state index contributed by atoms with van der Waals surface area (Å²) in [7, 11) is 0. The number of para-hydroxylation sites is 2. The van der Waals surface area contributed by atoms with Gasteiger partial charge in [-0.2, -0.15) is 5.10 Å². The lowest BCUT2D eigenvalue weighted by Gasteiger charge is -2.21. The number of aromatic nitrogens is 2. The summed E-state index contributed by atoms with van der Waals surface area (Å²) in [5.74, 6) is -0.198. The molecule has 1 aromatic carbocycles. The molecule has 0 fully saturated rings. The van der Waals surface area contributed by atoms with E-state index in [1.807, 2.05) is 41.9 Å². The molecular formula is C19H24N4O4. The number of benzene rings is 1. The number of carbonyl (C=O) groups excluding carboxylic acids is 1. The van der Waals surface area contributed by atoms with Crippen LogP contribution < -0.4 is 10.1 Å². The van der Waals surface area contributed by atoms with E-state index in [4.69, 9.17) is 9.84 Å². The summed E-state index contributed by atoms with van der Waals surface area (Å²) in [6, 6.07) is 9.06. The zero-order valence-corrected chi connectivity index (χ0v) is 15.4. The maximum Gasteiger partial charge on any atom is 0.322 e. The van der Waals surface area contributed by atoms with E-state index in [0.29, 0.717) is 44.1 Å². The van der Waals surface area contributed by atoms with Crippen molar-refractivity contribution in [2.45, 2.75) is 39.3 Å². The van der Waals surface area contributed by atoms with Gasteiger partial charge in [0.05, 0.1) is 36.6 Å². The molecule has 27 heavy (non-hydrogen) atoms. The first-order valence-electron chi connectivity index (χ1n) is 9.12. The summed E-state index contributed by atoms with van der Waals surface area (Å²) in [6.45, 7) is 4.19. The monoisotopic (exact) mass is 372 g/mol. The second-order valence-corrected chi connectivity index (χ2v) is 6.38. The number of nitrogens with one attached hydrogen (secondary N) is 1. The Morgan fingerprint density at radius 1 is 1.30 bits per heavy atom. The van der Waals surface area contributed by atoms with Crippen LogP contribution in [0.1, 0.15) is 31.2 Å². The summed E-state index contributed by atoms with van der Waals surface area (Å²) in [4.78, 5) is 25.3. The lowest BCUT2D eigenvalue weighted by Crippen LogP contribution is -2.34. The molecule has 0 saturated heterocycles. The molecule has 2 heterocycles. The molecule has 3 rings (SSSR count). The largest absolute Gasteiger partial charge is 0.492 e. The van der Waals surface area contributed by atoms with Gasteiger partial charge < -0.3 is 20.1 Å². The standard InChI is InChI=1S/C19H24N4O4/c1-2-27-17-7-4-3-6-16(17)20-19(26)22-10-5-11-23-15(13-22)12-14(21-23)8-9-18(24)25/h3-4,6-7,12H,2,5,8-11,13H2,1H3,(H,20,26)(H,24,25). The number of ether oxygens (including phenoxy) is 1. The molecule has 2 amide bonds. The van der Waals surface area contributed by atoms with E-state index in [-0.39, 0.29) is 12.5 Å². The Balaban J connectivity index is 1.69. The van der Waals surface area contributed by atoms with Gasteiger partial charge in [0.2, 0.25) is 0 Å². The topological polar surface area (TPSA) is 96.7 Å². The molecule has 0 saturated carbocycles. The number of carboxylic acid groups (broad SMARTS) is 1. The van der Waals surface area contributed by atoms with E-state index in [1.165, 1.54) is 0 Å². The van der Waals surface area contributed by atoms with Gasteiger partial charge in [0.15, 0.2) is 0 Å². The summed E-state index contributed by atoms with van der Waals surface area (Å²) in [6.07, 6.45) is 1.23. The molecule has 144 valence electrons. The molecule has 2 aromatic rings. The Bertz CT molecular complexity index is 818. The summed E-state index contributed by atoms with van der Waals surface area (Å²) >= 11 is 0. The molecule has 1 aliphatic rings. The highest BCUT2D eigenvalue weighted by Gasteiger charge is 2.21. The van der Waals surface area contributed by atoms with Crippen LogP contribution in [0.3, 0.4) is 0 Å². The number of amides is 2. The lowest BCUT2D eigenvalue weighted by atomic mass is 10.2. The van der Waals surface area contributed by atoms with Crippen LogP contribution in [0, 0.1) is 0 Å². The zero-order valence-electron chi connectivity index (χ0n) is 15.4. The van der Waals surface area contributed by atoms with Gasteiger partial charge in [0.25, 0.3) is 0 Å². The van der Waals surface area contributed by atoms with Crippen molar-refractivity contribution < 1.29 is 19.4 Å². The molecule has 0 aliphatic carbocycles. The van der Waals surface area contributed by atoms with E-state index in [1.54, 1.807) is 4.90 Å². The number of hydrogen-bond acceptors (Lipinski definition) is 4. The van der Waals surface area contributed by atoms with Gasteiger partial charge >= 0.3 is 12.0 Å². The quantitative estimate of drug-likeness (QED) is 0.813. The highest BCUT2D eigenvalue weighted by atomic mass is 16.5. The van der Waals surface area contributed by atoms with Gasteiger partial charge in [-0.3, -0.25) is 9.48 Å². The molecule has 0 atom stereocenters. The number of carboxylic acids is 1. The number of fused-ring (bicyclic) bond motifs is 1. The maximum absolute atomic E-state index is 12.8.